The first-order chi connectivity index (χ1) is 10.2. The molecular weight excluding hydrogens is 266 g/mol. The van der Waals surface area contributed by atoms with Gasteiger partial charge in [-0.2, -0.15) is 0 Å². The average molecular weight is 285 g/mol. The molecule has 1 unspecified atom stereocenters. The van der Waals surface area contributed by atoms with Gasteiger partial charge in [0.15, 0.2) is 0 Å². The first-order valence-corrected chi connectivity index (χ1v) is 7.16. The van der Waals surface area contributed by atoms with Crippen LogP contribution in [0.4, 0.5) is 5.82 Å². The lowest BCUT2D eigenvalue weighted by atomic mass is 10.1. The van der Waals surface area contributed by atoms with Gasteiger partial charge in [0.25, 0.3) is 5.91 Å². The van der Waals surface area contributed by atoms with Crippen molar-refractivity contribution < 1.29 is 9.53 Å². The molecule has 2 aromatic rings. The summed E-state index contributed by atoms with van der Waals surface area (Å²) in [5, 5.41) is 1.82. The zero-order chi connectivity index (χ0) is 14.8. The molecule has 1 aromatic heterocycles. The lowest BCUT2D eigenvalue weighted by Crippen LogP contribution is -2.43. The monoisotopic (exact) mass is 285 g/mol. The number of carbonyl (C=O) groups excluding carboxylic acids is 1. The van der Waals surface area contributed by atoms with Gasteiger partial charge in [-0.25, -0.2) is 4.98 Å². The molecule has 1 fully saturated rings. The number of hydrogen-bond acceptors (Lipinski definition) is 4. The second-order valence-corrected chi connectivity index (χ2v) is 5.36. The number of fused-ring (bicyclic) bond motifs is 1. The van der Waals surface area contributed by atoms with Crippen molar-refractivity contribution in [2.45, 2.75) is 18.9 Å². The number of anilines is 1. The zero-order valence-corrected chi connectivity index (χ0v) is 12.1. The molecule has 0 bridgehead atoms. The van der Waals surface area contributed by atoms with Gasteiger partial charge in [0.2, 0.25) is 0 Å². The number of benzene rings is 1. The minimum absolute atomic E-state index is 0.0748. The van der Waals surface area contributed by atoms with E-state index in [1.165, 1.54) is 0 Å². The van der Waals surface area contributed by atoms with Crippen molar-refractivity contribution >= 4 is 22.5 Å². The van der Waals surface area contributed by atoms with Gasteiger partial charge in [0.1, 0.15) is 11.5 Å². The van der Waals surface area contributed by atoms with E-state index in [0.717, 1.165) is 30.2 Å². The van der Waals surface area contributed by atoms with Gasteiger partial charge >= 0.3 is 0 Å². The molecule has 5 nitrogen and oxygen atoms in total. The molecule has 110 valence electrons. The molecule has 0 aliphatic carbocycles. The third-order valence-electron chi connectivity index (χ3n) is 3.99. The number of aromatic nitrogens is 1. The summed E-state index contributed by atoms with van der Waals surface area (Å²) in [5.41, 5.74) is 6.38. The first-order valence-electron chi connectivity index (χ1n) is 7.16. The molecule has 1 aliphatic rings. The van der Waals surface area contributed by atoms with E-state index in [1.807, 2.05) is 30.3 Å². The largest absolute Gasteiger partial charge is 0.383 e. The fourth-order valence-electron chi connectivity index (χ4n) is 2.81. The van der Waals surface area contributed by atoms with E-state index >= 15 is 0 Å². The van der Waals surface area contributed by atoms with E-state index in [1.54, 1.807) is 12.0 Å². The van der Waals surface area contributed by atoms with Gasteiger partial charge < -0.3 is 15.4 Å². The standard InChI is InChI=1S/C16H19N3O2/c1-21-12-6-4-8-19(10-12)16(20)14-9-11-5-2-3-7-13(11)15(17)18-14/h2-3,5,7,9,12H,4,6,8,10H2,1H3,(H2,17,18). The molecule has 0 saturated carbocycles. The number of rotatable bonds is 2. The van der Waals surface area contributed by atoms with Gasteiger partial charge in [-0.05, 0) is 24.3 Å². The summed E-state index contributed by atoms with van der Waals surface area (Å²) in [7, 11) is 1.69. The van der Waals surface area contributed by atoms with Gasteiger partial charge in [-0.1, -0.05) is 24.3 Å². The number of nitrogens with zero attached hydrogens (tertiary/aromatic N) is 2. The Labute approximate surface area is 123 Å². The number of nitrogens with two attached hydrogens (primary N) is 1. The van der Waals surface area contributed by atoms with Crippen molar-refractivity contribution in [3.8, 4) is 0 Å². The van der Waals surface area contributed by atoms with Crippen molar-refractivity contribution in [3.63, 3.8) is 0 Å². The normalized spacial score (nSPS) is 18.9. The van der Waals surface area contributed by atoms with E-state index in [9.17, 15) is 4.79 Å². The van der Waals surface area contributed by atoms with Gasteiger partial charge in [-0.3, -0.25) is 4.79 Å². The van der Waals surface area contributed by atoms with Crippen LogP contribution >= 0.6 is 0 Å². The van der Waals surface area contributed by atoms with E-state index in [-0.39, 0.29) is 12.0 Å². The second-order valence-electron chi connectivity index (χ2n) is 5.36. The Balaban J connectivity index is 1.91. The van der Waals surface area contributed by atoms with Crippen LogP contribution in [0, 0.1) is 0 Å². The molecule has 21 heavy (non-hydrogen) atoms. The Morgan fingerprint density at radius 3 is 3.05 bits per heavy atom. The van der Waals surface area contributed by atoms with Gasteiger partial charge in [0.05, 0.1) is 6.10 Å². The highest BCUT2D eigenvalue weighted by molar-refractivity contribution is 5.99. The number of pyridine rings is 1. The minimum Gasteiger partial charge on any atom is -0.383 e. The highest BCUT2D eigenvalue weighted by Gasteiger charge is 2.25. The van der Waals surface area contributed by atoms with Crippen LogP contribution in [-0.4, -0.2) is 42.1 Å². The average Bonchev–Trinajstić information content (AvgIpc) is 2.54. The predicted octanol–water partition coefficient (Wildman–Crippen LogP) is 2.07. The fourth-order valence-corrected chi connectivity index (χ4v) is 2.81. The summed E-state index contributed by atoms with van der Waals surface area (Å²) in [5.74, 6) is 0.325. The molecule has 2 heterocycles. The van der Waals surface area contributed by atoms with Crippen LogP contribution in [0.25, 0.3) is 10.8 Å². The number of hydrogen-bond donors (Lipinski definition) is 1. The number of ether oxygens (including phenoxy) is 1. The number of nitrogen functional groups attached to an aromatic ring is 1. The van der Waals surface area contributed by atoms with Crippen LogP contribution in [0.5, 0.6) is 0 Å². The van der Waals surface area contributed by atoms with Gasteiger partial charge in [0, 0.05) is 25.6 Å². The summed E-state index contributed by atoms with van der Waals surface area (Å²) in [6, 6.07) is 9.50. The molecule has 1 saturated heterocycles. The molecule has 1 atom stereocenters. The molecule has 0 radical (unpaired) electrons. The lowest BCUT2D eigenvalue weighted by molar-refractivity contribution is 0.0266. The number of methoxy groups -OCH3 is 1. The van der Waals surface area contributed by atoms with Crippen molar-refractivity contribution in [2.75, 3.05) is 25.9 Å². The summed E-state index contributed by atoms with van der Waals surface area (Å²) in [4.78, 5) is 18.7. The number of amides is 1. The Morgan fingerprint density at radius 2 is 2.24 bits per heavy atom. The highest BCUT2D eigenvalue weighted by atomic mass is 16.5. The zero-order valence-electron chi connectivity index (χ0n) is 12.1. The summed E-state index contributed by atoms with van der Waals surface area (Å²) < 4.78 is 5.36. The summed E-state index contributed by atoms with van der Waals surface area (Å²) in [6.45, 7) is 1.36. The molecule has 1 amide bonds. The SMILES string of the molecule is COC1CCCN(C(=O)c2cc3ccccc3c(N)n2)C1. The van der Waals surface area contributed by atoms with Crippen LogP contribution in [0.2, 0.25) is 0 Å². The molecule has 2 N–H and O–H groups in total. The Hall–Kier alpha value is -2.14. The smallest absolute Gasteiger partial charge is 0.272 e. The van der Waals surface area contributed by atoms with Crippen LogP contribution < -0.4 is 5.73 Å². The number of carbonyl (C=O) groups is 1. The molecule has 1 aromatic carbocycles. The number of piperidine rings is 1. The minimum atomic E-state index is -0.0748. The van der Waals surface area contributed by atoms with E-state index < -0.39 is 0 Å². The third kappa shape index (κ3) is 2.69. The topological polar surface area (TPSA) is 68.5 Å². The Morgan fingerprint density at radius 1 is 1.43 bits per heavy atom. The molecular formula is C16H19N3O2. The Kier molecular flexibility index (Phi) is 3.75. The van der Waals surface area contributed by atoms with Gasteiger partial charge in [-0.15, -0.1) is 0 Å². The Bertz CT molecular complexity index is 672. The van der Waals surface area contributed by atoms with E-state index in [0.29, 0.717) is 18.1 Å². The molecule has 0 spiro atoms. The fraction of sp³-hybridized carbons (Fsp3) is 0.375. The first kappa shape index (κ1) is 13.8. The molecule has 5 heteroatoms. The van der Waals surface area contributed by atoms with Crippen LogP contribution in [-0.2, 0) is 4.74 Å². The second kappa shape index (κ2) is 5.69. The van der Waals surface area contributed by atoms with Crippen molar-refractivity contribution in [3.05, 3.63) is 36.0 Å². The third-order valence-corrected chi connectivity index (χ3v) is 3.99. The molecule has 1 aliphatic heterocycles. The maximum Gasteiger partial charge on any atom is 0.272 e. The number of likely N-dealkylation sites (tertiary alicyclic amines) is 1. The van der Waals surface area contributed by atoms with Crippen LogP contribution in [0.15, 0.2) is 30.3 Å². The highest BCUT2D eigenvalue weighted by Crippen LogP contribution is 2.22. The van der Waals surface area contributed by atoms with Crippen molar-refractivity contribution in [1.82, 2.24) is 9.88 Å². The lowest BCUT2D eigenvalue weighted by Gasteiger charge is -2.31. The predicted molar refractivity (Wildman–Crippen MR) is 82.1 cm³/mol. The maximum atomic E-state index is 12.6. The van der Waals surface area contributed by atoms with Crippen molar-refractivity contribution in [1.29, 1.82) is 0 Å². The van der Waals surface area contributed by atoms with Crippen LogP contribution in [0.3, 0.4) is 0 Å². The maximum absolute atomic E-state index is 12.6. The quantitative estimate of drug-likeness (QED) is 0.917. The van der Waals surface area contributed by atoms with E-state index in [4.69, 9.17) is 10.5 Å². The van der Waals surface area contributed by atoms with Crippen molar-refractivity contribution in [2.24, 2.45) is 0 Å². The molecule has 3 rings (SSSR count). The van der Waals surface area contributed by atoms with Crippen LogP contribution in [0.1, 0.15) is 23.3 Å². The van der Waals surface area contributed by atoms with E-state index in [2.05, 4.69) is 4.98 Å². The summed E-state index contributed by atoms with van der Waals surface area (Å²) in [6.07, 6.45) is 2.06. The summed E-state index contributed by atoms with van der Waals surface area (Å²) >= 11 is 0.